The lowest BCUT2D eigenvalue weighted by Crippen LogP contribution is -2.27. The van der Waals surface area contributed by atoms with E-state index in [0.717, 1.165) is 16.5 Å². The van der Waals surface area contributed by atoms with E-state index in [2.05, 4.69) is 21.2 Å². The van der Waals surface area contributed by atoms with Crippen molar-refractivity contribution >= 4 is 21.8 Å². The molecule has 0 spiro atoms. The van der Waals surface area contributed by atoms with Crippen LogP contribution in [0.1, 0.15) is 35.3 Å². The fraction of sp³-hybridized carbons (Fsp3) is 0.214. The molecule has 0 saturated carbocycles. The summed E-state index contributed by atoms with van der Waals surface area (Å²) in [5.41, 5.74) is 1.64. The van der Waals surface area contributed by atoms with Gasteiger partial charge >= 0.3 is 0 Å². The topological polar surface area (TPSA) is 42.2 Å². The number of nitrogens with one attached hydrogen (secondary N) is 1. The minimum Gasteiger partial charge on any atom is -0.472 e. The summed E-state index contributed by atoms with van der Waals surface area (Å²) in [7, 11) is 0. The molecular weight excluding hydrogens is 294 g/mol. The molecule has 1 N–H and O–H groups in total. The largest absolute Gasteiger partial charge is 0.472 e. The third kappa shape index (κ3) is 3.01. The van der Waals surface area contributed by atoms with E-state index in [0.29, 0.717) is 5.56 Å². The second-order valence-corrected chi connectivity index (χ2v) is 4.91. The summed E-state index contributed by atoms with van der Waals surface area (Å²) in [5.74, 6) is -0.112. The van der Waals surface area contributed by atoms with Gasteiger partial charge in [-0.3, -0.25) is 4.79 Å². The molecule has 18 heavy (non-hydrogen) atoms. The molecule has 1 aromatic carbocycles. The van der Waals surface area contributed by atoms with Crippen molar-refractivity contribution in [2.24, 2.45) is 0 Å². The molecule has 1 amide bonds. The van der Waals surface area contributed by atoms with E-state index in [9.17, 15) is 4.79 Å². The van der Waals surface area contributed by atoms with Crippen LogP contribution < -0.4 is 5.32 Å². The zero-order valence-electron chi connectivity index (χ0n) is 10.0. The summed E-state index contributed by atoms with van der Waals surface area (Å²) >= 11 is 3.40. The SMILES string of the molecule is CCC(NC(=O)c1ccoc1)c1ccc(Br)cc1. The second kappa shape index (κ2) is 5.87. The van der Waals surface area contributed by atoms with Crippen LogP contribution in [0.5, 0.6) is 0 Å². The number of hydrogen-bond acceptors (Lipinski definition) is 2. The molecule has 1 atom stereocenters. The maximum atomic E-state index is 11.9. The van der Waals surface area contributed by atoms with Crippen molar-refractivity contribution in [3.63, 3.8) is 0 Å². The number of carbonyl (C=O) groups is 1. The van der Waals surface area contributed by atoms with Gasteiger partial charge in [-0.25, -0.2) is 0 Å². The summed E-state index contributed by atoms with van der Waals surface area (Å²) in [6.45, 7) is 2.04. The van der Waals surface area contributed by atoms with Crippen LogP contribution in [0.2, 0.25) is 0 Å². The van der Waals surface area contributed by atoms with Crippen molar-refractivity contribution in [2.45, 2.75) is 19.4 Å². The Morgan fingerprint density at radius 2 is 2.06 bits per heavy atom. The predicted octanol–water partition coefficient (Wildman–Crippen LogP) is 3.92. The van der Waals surface area contributed by atoms with Gasteiger partial charge in [0.2, 0.25) is 0 Å². The number of halogens is 1. The van der Waals surface area contributed by atoms with E-state index in [1.807, 2.05) is 31.2 Å². The van der Waals surface area contributed by atoms with Crippen LogP contribution >= 0.6 is 15.9 Å². The molecule has 2 aromatic rings. The van der Waals surface area contributed by atoms with E-state index in [-0.39, 0.29) is 11.9 Å². The van der Waals surface area contributed by atoms with Gasteiger partial charge in [-0.05, 0) is 30.2 Å². The quantitative estimate of drug-likeness (QED) is 0.930. The van der Waals surface area contributed by atoms with Gasteiger partial charge in [0.15, 0.2) is 0 Å². The molecule has 0 fully saturated rings. The number of benzene rings is 1. The Morgan fingerprint density at radius 3 is 2.61 bits per heavy atom. The van der Waals surface area contributed by atoms with Crippen LogP contribution in [0, 0.1) is 0 Å². The van der Waals surface area contributed by atoms with E-state index < -0.39 is 0 Å². The van der Waals surface area contributed by atoms with Gasteiger partial charge in [0.1, 0.15) is 6.26 Å². The van der Waals surface area contributed by atoms with Gasteiger partial charge in [0.25, 0.3) is 5.91 Å². The van der Waals surface area contributed by atoms with Crippen LogP contribution in [0.25, 0.3) is 0 Å². The molecule has 1 unspecified atom stereocenters. The highest BCUT2D eigenvalue weighted by Crippen LogP contribution is 2.20. The van der Waals surface area contributed by atoms with Gasteiger partial charge in [-0.2, -0.15) is 0 Å². The number of carbonyl (C=O) groups excluding carboxylic acids is 1. The average Bonchev–Trinajstić information content (AvgIpc) is 2.91. The average molecular weight is 308 g/mol. The molecule has 2 rings (SSSR count). The highest BCUT2D eigenvalue weighted by atomic mass is 79.9. The fourth-order valence-electron chi connectivity index (χ4n) is 1.75. The fourth-order valence-corrected chi connectivity index (χ4v) is 2.02. The molecule has 0 radical (unpaired) electrons. The minimum atomic E-state index is -0.112. The van der Waals surface area contributed by atoms with Crippen LogP contribution in [-0.4, -0.2) is 5.91 Å². The van der Waals surface area contributed by atoms with Crippen molar-refractivity contribution in [3.8, 4) is 0 Å². The van der Waals surface area contributed by atoms with Gasteiger partial charge in [-0.15, -0.1) is 0 Å². The van der Waals surface area contributed by atoms with Crippen molar-refractivity contribution in [2.75, 3.05) is 0 Å². The maximum absolute atomic E-state index is 11.9. The first-order valence-electron chi connectivity index (χ1n) is 5.79. The lowest BCUT2D eigenvalue weighted by molar-refractivity contribution is 0.0935. The normalized spacial score (nSPS) is 12.1. The van der Waals surface area contributed by atoms with Gasteiger partial charge < -0.3 is 9.73 Å². The summed E-state index contributed by atoms with van der Waals surface area (Å²) < 4.78 is 5.94. The predicted molar refractivity (Wildman–Crippen MR) is 73.3 cm³/mol. The van der Waals surface area contributed by atoms with E-state index in [4.69, 9.17) is 4.42 Å². The summed E-state index contributed by atoms with van der Waals surface area (Å²) in [5, 5.41) is 2.99. The number of furan rings is 1. The highest BCUT2D eigenvalue weighted by molar-refractivity contribution is 9.10. The van der Waals surface area contributed by atoms with Gasteiger partial charge in [-0.1, -0.05) is 35.0 Å². The zero-order valence-corrected chi connectivity index (χ0v) is 11.6. The smallest absolute Gasteiger partial charge is 0.255 e. The zero-order chi connectivity index (χ0) is 13.0. The minimum absolute atomic E-state index is 0.0144. The van der Waals surface area contributed by atoms with Crippen molar-refractivity contribution in [1.82, 2.24) is 5.32 Å². The van der Waals surface area contributed by atoms with E-state index in [1.54, 1.807) is 6.07 Å². The van der Waals surface area contributed by atoms with Gasteiger partial charge in [0, 0.05) is 4.47 Å². The first-order chi connectivity index (χ1) is 8.70. The Balaban J connectivity index is 2.10. The lowest BCUT2D eigenvalue weighted by atomic mass is 10.0. The summed E-state index contributed by atoms with van der Waals surface area (Å²) in [6.07, 6.45) is 3.78. The van der Waals surface area contributed by atoms with Crippen molar-refractivity contribution < 1.29 is 9.21 Å². The van der Waals surface area contributed by atoms with Crippen LogP contribution in [0.15, 0.2) is 51.7 Å². The van der Waals surface area contributed by atoms with Crippen LogP contribution in [0.3, 0.4) is 0 Å². The standard InChI is InChI=1S/C14H14BrNO2/c1-2-13(10-3-5-12(15)6-4-10)16-14(17)11-7-8-18-9-11/h3-9,13H,2H2,1H3,(H,16,17). The first kappa shape index (κ1) is 12.9. The Labute approximate surface area is 114 Å². The molecule has 0 aliphatic rings. The van der Waals surface area contributed by atoms with Crippen molar-refractivity contribution in [3.05, 3.63) is 58.5 Å². The molecule has 3 nitrogen and oxygen atoms in total. The molecule has 0 aliphatic heterocycles. The third-order valence-corrected chi connectivity index (χ3v) is 3.30. The maximum Gasteiger partial charge on any atom is 0.255 e. The summed E-state index contributed by atoms with van der Waals surface area (Å²) in [4.78, 5) is 11.9. The molecule has 0 aliphatic carbocycles. The number of amides is 1. The highest BCUT2D eigenvalue weighted by Gasteiger charge is 2.14. The Hall–Kier alpha value is -1.55. The lowest BCUT2D eigenvalue weighted by Gasteiger charge is -2.17. The number of rotatable bonds is 4. The Kier molecular flexibility index (Phi) is 4.20. The van der Waals surface area contributed by atoms with E-state index in [1.165, 1.54) is 12.5 Å². The van der Waals surface area contributed by atoms with E-state index >= 15 is 0 Å². The molecule has 0 saturated heterocycles. The van der Waals surface area contributed by atoms with Gasteiger partial charge in [0.05, 0.1) is 17.9 Å². The Bertz CT molecular complexity index is 505. The second-order valence-electron chi connectivity index (χ2n) is 4.00. The molecule has 94 valence electrons. The monoisotopic (exact) mass is 307 g/mol. The molecule has 0 bridgehead atoms. The third-order valence-electron chi connectivity index (χ3n) is 2.77. The van der Waals surface area contributed by atoms with Crippen LogP contribution in [0.4, 0.5) is 0 Å². The van der Waals surface area contributed by atoms with Crippen LogP contribution in [-0.2, 0) is 0 Å². The molecule has 4 heteroatoms. The van der Waals surface area contributed by atoms with Crippen molar-refractivity contribution in [1.29, 1.82) is 0 Å². The Morgan fingerprint density at radius 1 is 1.33 bits per heavy atom. The first-order valence-corrected chi connectivity index (χ1v) is 6.58. The molecular formula is C14H14BrNO2. The number of hydrogen-bond donors (Lipinski definition) is 1. The molecule has 1 heterocycles. The molecule has 1 aromatic heterocycles. The summed E-state index contributed by atoms with van der Waals surface area (Å²) in [6, 6.07) is 9.63.